The maximum absolute atomic E-state index is 4.26. The van der Waals surface area contributed by atoms with Gasteiger partial charge in [-0.2, -0.15) is 5.10 Å². The van der Waals surface area contributed by atoms with Crippen molar-refractivity contribution in [3.8, 4) is 0 Å². The van der Waals surface area contributed by atoms with Gasteiger partial charge in [0.25, 0.3) is 0 Å². The maximum atomic E-state index is 4.26. The molecule has 1 aromatic heterocycles. The minimum absolute atomic E-state index is 0.430. The average molecular weight is 139 g/mol. The summed E-state index contributed by atoms with van der Waals surface area (Å²) in [6, 6.07) is 0. The molecule has 0 radical (unpaired) electrons. The van der Waals surface area contributed by atoms with Crippen LogP contribution in [0.2, 0.25) is 0 Å². The molecule has 1 aromatic rings. The lowest BCUT2D eigenvalue weighted by Crippen LogP contribution is -1.94. The van der Waals surface area contributed by atoms with Gasteiger partial charge in [0, 0.05) is 13.0 Å². The first-order valence-electron chi connectivity index (χ1n) is 3.49. The predicted molar refractivity (Wildman–Crippen MR) is 39.8 cm³/mol. The molecule has 0 aromatic carbocycles. The van der Waals surface area contributed by atoms with E-state index in [0.717, 1.165) is 11.6 Å². The molecule has 10 heavy (non-hydrogen) atoms. The molecule has 0 N–H and O–H groups in total. The van der Waals surface area contributed by atoms with Crippen molar-refractivity contribution in [3.05, 3.63) is 11.6 Å². The molecule has 0 saturated carbocycles. The van der Waals surface area contributed by atoms with Crippen LogP contribution in [-0.4, -0.2) is 14.8 Å². The fraction of sp³-hybridized carbons (Fsp3) is 0.714. The summed E-state index contributed by atoms with van der Waals surface area (Å²) >= 11 is 0. The monoisotopic (exact) mass is 139 g/mol. The lowest BCUT2D eigenvalue weighted by Gasteiger charge is -1.93. The number of hydrogen-bond acceptors (Lipinski definition) is 2. The van der Waals surface area contributed by atoms with Crippen molar-refractivity contribution in [2.45, 2.75) is 26.7 Å². The van der Waals surface area contributed by atoms with Crippen molar-refractivity contribution in [2.75, 3.05) is 0 Å². The molecular formula is C7H13N3. The van der Waals surface area contributed by atoms with Gasteiger partial charge in [0.1, 0.15) is 5.82 Å². The standard InChI is InChI=1S/C7H13N3/c1-5(2)7-8-6(3)10(4)9-7/h5H,1-4H3. The van der Waals surface area contributed by atoms with Crippen molar-refractivity contribution >= 4 is 0 Å². The lowest BCUT2D eigenvalue weighted by molar-refractivity contribution is 0.697. The highest BCUT2D eigenvalue weighted by atomic mass is 15.3. The van der Waals surface area contributed by atoms with Gasteiger partial charge in [0.15, 0.2) is 5.82 Å². The van der Waals surface area contributed by atoms with Crippen LogP contribution in [-0.2, 0) is 7.05 Å². The average Bonchev–Trinajstić information content (AvgIpc) is 2.13. The Morgan fingerprint density at radius 2 is 2.00 bits per heavy atom. The summed E-state index contributed by atoms with van der Waals surface area (Å²) in [5.41, 5.74) is 0. The maximum Gasteiger partial charge on any atom is 0.153 e. The first-order chi connectivity index (χ1) is 4.61. The van der Waals surface area contributed by atoms with Gasteiger partial charge in [-0.3, -0.25) is 4.68 Å². The van der Waals surface area contributed by atoms with Gasteiger partial charge >= 0.3 is 0 Å². The van der Waals surface area contributed by atoms with Crippen LogP contribution in [0.3, 0.4) is 0 Å². The SMILES string of the molecule is Cc1nc(C(C)C)nn1C. The van der Waals surface area contributed by atoms with Gasteiger partial charge in [0.05, 0.1) is 0 Å². The second-order valence-corrected chi connectivity index (χ2v) is 2.80. The fourth-order valence-corrected chi connectivity index (χ4v) is 0.731. The molecule has 0 fully saturated rings. The molecule has 0 aliphatic heterocycles. The number of rotatable bonds is 1. The Labute approximate surface area is 61.1 Å². The van der Waals surface area contributed by atoms with Crippen molar-refractivity contribution in [1.29, 1.82) is 0 Å². The van der Waals surface area contributed by atoms with Gasteiger partial charge in [-0.05, 0) is 6.92 Å². The summed E-state index contributed by atoms with van der Waals surface area (Å²) in [4.78, 5) is 4.26. The van der Waals surface area contributed by atoms with E-state index in [1.54, 1.807) is 4.68 Å². The van der Waals surface area contributed by atoms with Gasteiger partial charge in [-0.1, -0.05) is 13.8 Å². The summed E-state index contributed by atoms with van der Waals surface area (Å²) in [5, 5.41) is 4.22. The Morgan fingerprint density at radius 1 is 1.40 bits per heavy atom. The summed E-state index contributed by atoms with van der Waals surface area (Å²) in [5.74, 6) is 2.34. The summed E-state index contributed by atoms with van der Waals surface area (Å²) in [6.45, 7) is 6.14. The van der Waals surface area contributed by atoms with Crippen molar-refractivity contribution in [1.82, 2.24) is 14.8 Å². The molecule has 0 aliphatic rings. The largest absolute Gasteiger partial charge is 0.253 e. The minimum atomic E-state index is 0.430. The van der Waals surface area contributed by atoms with Crippen LogP contribution in [0, 0.1) is 6.92 Å². The second kappa shape index (κ2) is 2.40. The molecule has 3 nitrogen and oxygen atoms in total. The molecule has 0 aliphatic carbocycles. The molecule has 56 valence electrons. The van der Waals surface area contributed by atoms with Gasteiger partial charge < -0.3 is 0 Å². The highest BCUT2D eigenvalue weighted by molar-refractivity contribution is 4.94. The molecule has 0 amide bonds. The Bertz CT molecular complexity index is 205. The zero-order chi connectivity index (χ0) is 7.72. The van der Waals surface area contributed by atoms with Crippen LogP contribution in [0.4, 0.5) is 0 Å². The predicted octanol–water partition coefficient (Wildman–Crippen LogP) is 1.25. The van der Waals surface area contributed by atoms with Crippen LogP contribution in [0.25, 0.3) is 0 Å². The summed E-state index contributed by atoms with van der Waals surface area (Å²) < 4.78 is 1.80. The number of aryl methyl sites for hydroxylation is 2. The summed E-state index contributed by atoms with van der Waals surface area (Å²) in [6.07, 6.45) is 0. The number of aromatic nitrogens is 3. The van der Waals surface area contributed by atoms with Crippen LogP contribution in [0.5, 0.6) is 0 Å². The van der Waals surface area contributed by atoms with E-state index in [9.17, 15) is 0 Å². The van der Waals surface area contributed by atoms with E-state index in [-0.39, 0.29) is 0 Å². The van der Waals surface area contributed by atoms with E-state index < -0.39 is 0 Å². The van der Waals surface area contributed by atoms with E-state index in [0.29, 0.717) is 5.92 Å². The van der Waals surface area contributed by atoms with E-state index in [4.69, 9.17) is 0 Å². The van der Waals surface area contributed by atoms with Crippen LogP contribution >= 0.6 is 0 Å². The highest BCUT2D eigenvalue weighted by Gasteiger charge is 2.05. The Morgan fingerprint density at radius 3 is 2.20 bits per heavy atom. The quantitative estimate of drug-likeness (QED) is 0.586. The van der Waals surface area contributed by atoms with Gasteiger partial charge in [-0.25, -0.2) is 4.98 Å². The van der Waals surface area contributed by atoms with Crippen LogP contribution in [0.15, 0.2) is 0 Å². The van der Waals surface area contributed by atoms with E-state index >= 15 is 0 Å². The third-order valence-corrected chi connectivity index (χ3v) is 1.51. The fourth-order valence-electron chi connectivity index (χ4n) is 0.731. The molecule has 0 bridgehead atoms. The topological polar surface area (TPSA) is 30.7 Å². The first-order valence-corrected chi connectivity index (χ1v) is 3.49. The van der Waals surface area contributed by atoms with E-state index in [2.05, 4.69) is 23.9 Å². The second-order valence-electron chi connectivity index (χ2n) is 2.80. The zero-order valence-corrected chi connectivity index (χ0v) is 6.92. The molecule has 0 spiro atoms. The number of nitrogens with zero attached hydrogens (tertiary/aromatic N) is 3. The molecule has 0 atom stereocenters. The minimum Gasteiger partial charge on any atom is -0.253 e. The molecule has 1 heterocycles. The molecular weight excluding hydrogens is 126 g/mol. The van der Waals surface area contributed by atoms with Gasteiger partial charge in [-0.15, -0.1) is 0 Å². The zero-order valence-electron chi connectivity index (χ0n) is 6.92. The van der Waals surface area contributed by atoms with E-state index in [1.165, 1.54) is 0 Å². The smallest absolute Gasteiger partial charge is 0.153 e. The third kappa shape index (κ3) is 1.17. The molecule has 3 heteroatoms. The van der Waals surface area contributed by atoms with Crippen molar-refractivity contribution < 1.29 is 0 Å². The molecule has 0 unspecified atom stereocenters. The third-order valence-electron chi connectivity index (χ3n) is 1.51. The Balaban J connectivity index is 2.98. The van der Waals surface area contributed by atoms with Crippen molar-refractivity contribution in [3.63, 3.8) is 0 Å². The highest BCUT2D eigenvalue weighted by Crippen LogP contribution is 2.07. The molecule has 1 rings (SSSR count). The van der Waals surface area contributed by atoms with Gasteiger partial charge in [0.2, 0.25) is 0 Å². The Hall–Kier alpha value is -0.860. The van der Waals surface area contributed by atoms with Crippen LogP contribution in [0.1, 0.15) is 31.4 Å². The molecule has 0 saturated heterocycles. The van der Waals surface area contributed by atoms with E-state index in [1.807, 2.05) is 14.0 Å². The first kappa shape index (κ1) is 7.25. The summed E-state index contributed by atoms with van der Waals surface area (Å²) in [7, 11) is 1.91. The van der Waals surface area contributed by atoms with Crippen molar-refractivity contribution in [2.24, 2.45) is 7.05 Å². The Kier molecular flexibility index (Phi) is 1.74. The lowest BCUT2D eigenvalue weighted by atomic mass is 10.2. The van der Waals surface area contributed by atoms with Crippen LogP contribution < -0.4 is 0 Å². The number of hydrogen-bond donors (Lipinski definition) is 0. The normalized spacial score (nSPS) is 10.9.